The van der Waals surface area contributed by atoms with Crippen molar-refractivity contribution in [2.24, 2.45) is 0 Å². The van der Waals surface area contributed by atoms with Crippen LogP contribution in [0.4, 0.5) is 5.69 Å². The van der Waals surface area contributed by atoms with Gasteiger partial charge in [0.05, 0.1) is 10.9 Å². The third-order valence-corrected chi connectivity index (χ3v) is 9.11. The molecule has 1 heterocycles. The Kier molecular flexibility index (Phi) is 6.78. The van der Waals surface area contributed by atoms with Crippen LogP contribution in [-0.2, 0) is 16.4 Å². The molecule has 0 spiro atoms. The van der Waals surface area contributed by atoms with Gasteiger partial charge >= 0.3 is 0 Å². The molecule has 4 aromatic carbocycles. The molecule has 0 saturated carbocycles. The summed E-state index contributed by atoms with van der Waals surface area (Å²) in [5.41, 5.74) is 3.24. The molecule has 4 aromatic rings. The van der Waals surface area contributed by atoms with E-state index in [1.54, 1.807) is 10.4 Å². The highest BCUT2D eigenvalue weighted by molar-refractivity contribution is 7.89. The molecule has 1 aliphatic heterocycles. The molecule has 1 atom stereocenters. The number of piperazine rings is 1. The highest BCUT2D eigenvalue weighted by Crippen LogP contribution is 2.37. The fourth-order valence-corrected chi connectivity index (χ4v) is 6.88. The van der Waals surface area contributed by atoms with Crippen molar-refractivity contribution < 1.29 is 8.42 Å². The summed E-state index contributed by atoms with van der Waals surface area (Å²) < 4.78 is 29.4. The minimum Gasteiger partial charge on any atom is -0.362 e. The van der Waals surface area contributed by atoms with E-state index in [0.717, 1.165) is 34.0 Å². The predicted octanol–water partition coefficient (Wildman–Crippen LogP) is 6.96. The molecule has 5 rings (SSSR count). The summed E-state index contributed by atoms with van der Waals surface area (Å²) in [6.07, 6.45) is 0.831. The zero-order valence-electron chi connectivity index (χ0n) is 19.4. The molecule has 1 fully saturated rings. The lowest BCUT2D eigenvalue weighted by Crippen LogP contribution is -2.50. The molecule has 0 amide bonds. The summed E-state index contributed by atoms with van der Waals surface area (Å²) in [5, 5.41) is 3.00. The van der Waals surface area contributed by atoms with E-state index in [-0.39, 0.29) is 6.04 Å². The highest BCUT2D eigenvalue weighted by Gasteiger charge is 2.36. The van der Waals surface area contributed by atoms with Crippen molar-refractivity contribution in [2.45, 2.75) is 24.3 Å². The predicted molar refractivity (Wildman–Crippen MR) is 145 cm³/mol. The van der Waals surface area contributed by atoms with Crippen molar-refractivity contribution in [1.29, 1.82) is 0 Å². The lowest BCUT2D eigenvalue weighted by molar-refractivity contribution is 0.335. The Balaban J connectivity index is 1.56. The molecular formula is C28H26Cl2N2O2S. The molecule has 180 valence electrons. The van der Waals surface area contributed by atoms with Gasteiger partial charge in [-0.3, -0.25) is 0 Å². The van der Waals surface area contributed by atoms with Gasteiger partial charge in [-0.2, -0.15) is 4.31 Å². The maximum absolute atomic E-state index is 13.9. The molecule has 4 nitrogen and oxygen atoms in total. The van der Waals surface area contributed by atoms with Gasteiger partial charge in [-0.05, 0) is 59.3 Å². The van der Waals surface area contributed by atoms with Crippen LogP contribution in [0.2, 0.25) is 10.0 Å². The number of hydrogen-bond donors (Lipinski definition) is 0. The minimum absolute atomic E-state index is 0.169. The summed E-state index contributed by atoms with van der Waals surface area (Å²) in [7, 11) is -3.71. The van der Waals surface area contributed by atoms with E-state index >= 15 is 0 Å². The first kappa shape index (κ1) is 24.1. The molecule has 1 aliphatic rings. The van der Waals surface area contributed by atoms with Crippen LogP contribution in [0.3, 0.4) is 0 Å². The first-order valence-electron chi connectivity index (χ1n) is 11.7. The van der Waals surface area contributed by atoms with Crippen molar-refractivity contribution in [3.05, 3.63) is 106 Å². The van der Waals surface area contributed by atoms with Crippen molar-refractivity contribution in [3.63, 3.8) is 0 Å². The first-order chi connectivity index (χ1) is 16.9. The Labute approximate surface area is 216 Å². The third kappa shape index (κ3) is 4.66. The van der Waals surface area contributed by atoms with Crippen LogP contribution in [-0.4, -0.2) is 32.4 Å². The van der Waals surface area contributed by atoms with Crippen molar-refractivity contribution in [3.8, 4) is 0 Å². The molecule has 35 heavy (non-hydrogen) atoms. The molecule has 1 unspecified atom stereocenters. The average molecular weight is 526 g/mol. The molecule has 0 N–H and O–H groups in total. The van der Waals surface area contributed by atoms with E-state index in [9.17, 15) is 8.42 Å². The van der Waals surface area contributed by atoms with Crippen LogP contribution in [0.25, 0.3) is 10.8 Å². The van der Waals surface area contributed by atoms with E-state index in [1.165, 1.54) is 0 Å². The van der Waals surface area contributed by atoms with Gasteiger partial charge < -0.3 is 4.90 Å². The monoisotopic (exact) mass is 524 g/mol. The van der Waals surface area contributed by atoms with Crippen LogP contribution in [0, 0.1) is 0 Å². The maximum atomic E-state index is 13.9. The maximum Gasteiger partial charge on any atom is 0.243 e. The van der Waals surface area contributed by atoms with Crippen LogP contribution >= 0.6 is 23.2 Å². The number of rotatable bonds is 5. The molecule has 7 heteroatoms. The Bertz CT molecular complexity index is 1470. The second-order valence-electron chi connectivity index (χ2n) is 8.73. The number of fused-ring (bicyclic) bond motifs is 1. The average Bonchev–Trinajstić information content (AvgIpc) is 2.88. The summed E-state index contributed by atoms with van der Waals surface area (Å²) in [6, 6.07) is 26.5. The van der Waals surface area contributed by atoms with E-state index in [2.05, 4.69) is 11.8 Å². The van der Waals surface area contributed by atoms with Crippen molar-refractivity contribution in [1.82, 2.24) is 4.31 Å². The Morgan fingerprint density at radius 1 is 0.857 bits per heavy atom. The zero-order valence-corrected chi connectivity index (χ0v) is 21.7. The molecule has 0 aromatic heterocycles. The first-order valence-corrected chi connectivity index (χ1v) is 13.9. The van der Waals surface area contributed by atoms with E-state index in [0.29, 0.717) is 34.6 Å². The lowest BCUT2D eigenvalue weighted by Gasteiger charge is -2.43. The van der Waals surface area contributed by atoms with E-state index in [1.807, 2.05) is 78.9 Å². The van der Waals surface area contributed by atoms with Gasteiger partial charge in [0, 0.05) is 40.8 Å². The number of halogens is 2. The smallest absolute Gasteiger partial charge is 0.243 e. The minimum atomic E-state index is -3.71. The fraction of sp³-hybridized carbons (Fsp3) is 0.214. The topological polar surface area (TPSA) is 40.6 Å². The molecule has 1 saturated heterocycles. The van der Waals surface area contributed by atoms with Gasteiger partial charge in [0.2, 0.25) is 10.0 Å². The second-order valence-corrected chi connectivity index (χ2v) is 11.5. The second kappa shape index (κ2) is 9.82. The normalized spacial score (nSPS) is 17.1. The van der Waals surface area contributed by atoms with Gasteiger partial charge in [-0.1, -0.05) is 78.7 Å². The van der Waals surface area contributed by atoms with Gasteiger partial charge in [0.15, 0.2) is 0 Å². The molecule has 0 radical (unpaired) electrons. The van der Waals surface area contributed by atoms with Crippen LogP contribution < -0.4 is 4.90 Å². The summed E-state index contributed by atoms with van der Waals surface area (Å²) >= 11 is 12.5. The molecular weight excluding hydrogens is 499 g/mol. The summed E-state index contributed by atoms with van der Waals surface area (Å²) in [6.45, 7) is 3.39. The lowest BCUT2D eigenvalue weighted by atomic mass is 10.0. The van der Waals surface area contributed by atoms with E-state index in [4.69, 9.17) is 23.2 Å². The molecule has 0 bridgehead atoms. The number of anilines is 1. The van der Waals surface area contributed by atoms with Crippen LogP contribution in [0.15, 0.2) is 89.8 Å². The standard InChI is InChI=1S/C28H26Cl2N2O2S/c1-2-20-18-24(30)14-15-26(20)32-17-16-31(19-27(32)22-10-12-23(29)13-11-22)35(33,34)28-9-5-7-21-6-3-4-8-25(21)28/h3-15,18,27H,2,16-17,19H2,1H3. The van der Waals surface area contributed by atoms with Crippen molar-refractivity contribution in [2.75, 3.05) is 24.5 Å². The Hall–Kier alpha value is -2.57. The largest absolute Gasteiger partial charge is 0.362 e. The molecule has 0 aliphatic carbocycles. The van der Waals surface area contributed by atoms with Gasteiger partial charge in [0.1, 0.15) is 0 Å². The highest BCUT2D eigenvalue weighted by atomic mass is 35.5. The summed E-state index contributed by atoms with van der Waals surface area (Å²) in [4.78, 5) is 2.65. The van der Waals surface area contributed by atoms with Crippen LogP contribution in [0.5, 0.6) is 0 Å². The Morgan fingerprint density at radius 2 is 1.57 bits per heavy atom. The number of sulfonamides is 1. The van der Waals surface area contributed by atoms with Crippen molar-refractivity contribution >= 4 is 49.7 Å². The number of benzene rings is 4. The van der Waals surface area contributed by atoms with Gasteiger partial charge in [-0.25, -0.2) is 8.42 Å². The van der Waals surface area contributed by atoms with Gasteiger partial charge in [0.25, 0.3) is 0 Å². The van der Waals surface area contributed by atoms with E-state index < -0.39 is 10.0 Å². The zero-order chi connectivity index (χ0) is 24.6. The number of aryl methyl sites for hydroxylation is 1. The SMILES string of the molecule is CCc1cc(Cl)ccc1N1CCN(S(=O)(=O)c2cccc3ccccc23)CC1c1ccc(Cl)cc1. The third-order valence-electron chi connectivity index (χ3n) is 6.70. The number of hydrogen-bond acceptors (Lipinski definition) is 3. The fourth-order valence-electron chi connectivity index (χ4n) is 4.91. The summed E-state index contributed by atoms with van der Waals surface area (Å²) in [5.74, 6) is 0. The number of nitrogens with zero attached hydrogens (tertiary/aromatic N) is 2. The van der Waals surface area contributed by atoms with Gasteiger partial charge in [-0.15, -0.1) is 0 Å². The quantitative estimate of drug-likeness (QED) is 0.283. The van der Waals surface area contributed by atoms with Crippen LogP contribution in [0.1, 0.15) is 24.1 Å². The Morgan fingerprint density at radius 3 is 2.34 bits per heavy atom.